The number of carbonyl (C=O) groups is 1. The van der Waals surface area contributed by atoms with Crippen molar-refractivity contribution in [2.45, 2.75) is 33.3 Å². The van der Waals surface area contributed by atoms with Gasteiger partial charge in [-0.2, -0.15) is 5.10 Å². The van der Waals surface area contributed by atoms with Crippen LogP contribution in [0.4, 0.5) is 4.79 Å². The van der Waals surface area contributed by atoms with E-state index < -0.39 is 11.7 Å². The van der Waals surface area contributed by atoms with E-state index in [4.69, 9.17) is 14.2 Å². The zero-order valence-electron chi connectivity index (χ0n) is 13.3. The molecule has 0 bridgehead atoms. The minimum absolute atomic E-state index is 0.559. The first kappa shape index (κ1) is 16.8. The molecular weight excluding hydrogens is 272 g/mol. The van der Waals surface area contributed by atoms with Crippen molar-refractivity contribution in [1.82, 2.24) is 5.43 Å². The summed E-state index contributed by atoms with van der Waals surface area (Å²) >= 11 is 0. The van der Waals surface area contributed by atoms with E-state index in [1.54, 1.807) is 54.0 Å². The highest BCUT2D eigenvalue weighted by Crippen LogP contribution is 2.27. The summed E-state index contributed by atoms with van der Waals surface area (Å²) in [5.74, 6) is 1.23. The highest BCUT2D eigenvalue weighted by atomic mass is 16.6. The molecule has 6 heteroatoms. The van der Waals surface area contributed by atoms with Gasteiger partial charge in [0.15, 0.2) is 11.5 Å². The summed E-state index contributed by atoms with van der Waals surface area (Å²) in [6, 6.07) is 5.39. The fourth-order valence-corrected chi connectivity index (χ4v) is 1.56. The first-order valence-electron chi connectivity index (χ1n) is 6.52. The van der Waals surface area contributed by atoms with E-state index in [0.717, 1.165) is 5.56 Å². The van der Waals surface area contributed by atoms with Gasteiger partial charge in [-0.1, -0.05) is 0 Å². The lowest BCUT2D eigenvalue weighted by Crippen LogP contribution is -2.30. The zero-order valence-corrected chi connectivity index (χ0v) is 13.3. The molecule has 0 saturated carbocycles. The number of nitrogens with zero attached hydrogens (tertiary/aromatic N) is 1. The molecule has 0 saturated heterocycles. The van der Waals surface area contributed by atoms with E-state index in [1.807, 2.05) is 6.07 Å². The molecular formula is C15H22N2O4. The summed E-state index contributed by atoms with van der Waals surface area (Å²) in [6.45, 7) is 7.14. The maximum absolute atomic E-state index is 11.5. The van der Waals surface area contributed by atoms with E-state index in [9.17, 15) is 4.79 Å². The van der Waals surface area contributed by atoms with Gasteiger partial charge in [-0.15, -0.1) is 0 Å². The van der Waals surface area contributed by atoms with E-state index in [1.165, 1.54) is 0 Å². The molecule has 0 radical (unpaired) electrons. The molecule has 1 rings (SSSR count). The summed E-state index contributed by atoms with van der Waals surface area (Å²) in [7, 11) is 3.13. The summed E-state index contributed by atoms with van der Waals surface area (Å²) < 4.78 is 15.5. The number of hydrogen-bond donors (Lipinski definition) is 1. The van der Waals surface area contributed by atoms with Crippen LogP contribution < -0.4 is 14.9 Å². The molecule has 116 valence electrons. The van der Waals surface area contributed by atoms with Crippen LogP contribution in [0.1, 0.15) is 33.3 Å². The summed E-state index contributed by atoms with van der Waals surface area (Å²) in [6.07, 6.45) is -0.595. The summed E-state index contributed by atoms with van der Waals surface area (Å²) in [4.78, 5) is 11.5. The predicted molar refractivity (Wildman–Crippen MR) is 81.1 cm³/mol. The van der Waals surface area contributed by atoms with E-state index in [-0.39, 0.29) is 0 Å². The minimum atomic E-state index is -0.595. The molecule has 1 aromatic rings. The Labute approximate surface area is 125 Å². The van der Waals surface area contributed by atoms with Gasteiger partial charge in [0.1, 0.15) is 5.60 Å². The molecule has 1 aromatic carbocycles. The van der Waals surface area contributed by atoms with Crippen LogP contribution in [0.25, 0.3) is 0 Å². The standard InChI is InChI=1S/C15H22N2O4/c1-10(16-17-14(18)21-15(2,3)4)11-7-8-12(19-5)13(9-11)20-6/h7-9H,1-6H3,(H,17,18)/b16-10-. The van der Waals surface area contributed by atoms with Gasteiger partial charge in [0.25, 0.3) is 0 Å². The van der Waals surface area contributed by atoms with Crippen LogP contribution in [0.5, 0.6) is 11.5 Å². The van der Waals surface area contributed by atoms with Crippen LogP contribution >= 0.6 is 0 Å². The van der Waals surface area contributed by atoms with Gasteiger partial charge in [-0.3, -0.25) is 0 Å². The number of carbonyl (C=O) groups excluding carboxylic acids is 1. The Balaban J connectivity index is 2.81. The van der Waals surface area contributed by atoms with Gasteiger partial charge in [0.05, 0.1) is 19.9 Å². The Bertz CT molecular complexity index is 533. The fraction of sp³-hybridized carbons (Fsp3) is 0.467. The van der Waals surface area contributed by atoms with Crippen molar-refractivity contribution >= 4 is 11.8 Å². The van der Waals surface area contributed by atoms with Gasteiger partial charge in [0.2, 0.25) is 0 Å². The second-order valence-electron chi connectivity index (χ2n) is 5.38. The van der Waals surface area contributed by atoms with Gasteiger partial charge in [-0.05, 0) is 45.9 Å². The lowest BCUT2D eigenvalue weighted by atomic mass is 10.1. The molecule has 0 aromatic heterocycles. The second kappa shape index (κ2) is 6.97. The quantitative estimate of drug-likeness (QED) is 0.684. The number of hydrazone groups is 1. The molecule has 0 aliphatic heterocycles. The summed E-state index contributed by atoms with van der Waals surface area (Å²) in [5.41, 5.74) is 3.24. The van der Waals surface area contributed by atoms with Crippen LogP contribution in [0.2, 0.25) is 0 Å². The van der Waals surface area contributed by atoms with Crippen LogP contribution in [0.15, 0.2) is 23.3 Å². The van der Waals surface area contributed by atoms with Crippen molar-refractivity contribution in [2.75, 3.05) is 14.2 Å². The second-order valence-corrected chi connectivity index (χ2v) is 5.38. The minimum Gasteiger partial charge on any atom is -0.493 e. The third-order valence-corrected chi connectivity index (χ3v) is 2.52. The Morgan fingerprint density at radius 1 is 1.14 bits per heavy atom. The number of hydrogen-bond acceptors (Lipinski definition) is 5. The largest absolute Gasteiger partial charge is 0.493 e. The van der Waals surface area contributed by atoms with E-state index >= 15 is 0 Å². The first-order valence-corrected chi connectivity index (χ1v) is 6.52. The molecule has 0 spiro atoms. The van der Waals surface area contributed by atoms with Crippen molar-refractivity contribution in [2.24, 2.45) is 5.10 Å². The molecule has 0 aliphatic rings. The molecule has 1 amide bonds. The monoisotopic (exact) mass is 294 g/mol. The van der Waals surface area contributed by atoms with Gasteiger partial charge in [0, 0.05) is 5.56 Å². The Hall–Kier alpha value is -2.24. The highest BCUT2D eigenvalue weighted by Gasteiger charge is 2.15. The maximum Gasteiger partial charge on any atom is 0.428 e. The molecule has 0 heterocycles. The van der Waals surface area contributed by atoms with Crippen molar-refractivity contribution < 1.29 is 19.0 Å². The van der Waals surface area contributed by atoms with Gasteiger partial charge >= 0.3 is 6.09 Å². The highest BCUT2D eigenvalue weighted by molar-refractivity contribution is 5.99. The van der Waals surface area contributed by atoms with E-state index in [2.05, 4.69) is 10.5 Å². The van der Waals surface area contributed by atoms with Crippen molar-refractivity contribution in [3.05, 3.63) is 23.8 Å². The fourth-order valence-electron chi connectivity index (χ4n) is 1.56. The lowest BCUT2D eigenvalue weighted by molar-refractivity contribution is 0.0529. The van der Waals surface area contributed by atoms with Crippen molar-refractivity contribution in [3.8, 4) is 11.5 Å². The lowest BCUT2D eigenvalue weighted by Gasteiger charge is -2.18. The zero-order chi connectivity index (χ0) is 16.0. The van der Waals surface area contributed by atoms with E-state index in [0.29, 0.717) is 17.2 Å². The third-order valence-electron chi connectivity index (χ3n) is 2.52. The number of rotatable bonds is 4. The average molecular weight is 294 g/mol. The number of methoxy groups -OCH3 is 2. The van der Waals surface area contributed by atoms with Crippen molar-refractivity contribution in [1.29, 1.82) is 0 Å². The molecule has 21 heavy (non-hydrogen) atoms. The van der Waals surface area contributed by atoms with Crippen molar-refractivity contribution in [3.63, 3.8) is 0 Å². The number of nitrogens with one attached hydrogen (secondary N) is 1. The normalized spacial score (nSPS) is 11.8. The van der Waals surface area contributed by atoms with Crippen LogP contribution in [0, 0.1) is 0 Å². The SMILES string of the molecule is COc1ccc(/C(C)=N\NC(=O)OC(C)(C)C)cc1OC. The van der Waals surface area contributed by atoms with Crippen LogP contribution in [-0.2, 0) is 4.74 Å². The average Bonchev–Trinajstić information content (AvgIpc) is 2.42. The predicted octanol–water partition coefficient (Wildman–Crippen LogP) is 2.95. The number of amides is 1. The maximum atomic E-state index is 11.5. The van der Waals surface area contributed by atoms with Crippen LogP contribution in [0.3, 0.4) is 0 Å². The summed E-state index contributed by atoms with van der Waals surface area (Å²) in [5, 5.41) is 4.01. The molecule has 0 atom stereocenters. The topological polar surface area (TPSA) is 69.2 Å². The first-order chi connectivity index (χ1) is 9.76. The molecule has 6 nitrogen and oxygen atoms in total. The Morgan fingerprint density at radius 3 is 2.29 bits per heavy atom. The molecule has 0 unspecified atom stereocenters. The third kappa shape index (κ3) is 5.33. The molecule has 1 N–H and O–H groups in total. The molecule has 0 aliphatic carbocycles. The van der Waals surface area contributed by atoms with Crippen LogP contribution in [-0.4, -0.2) is 31.6 Å². The Morgan fingerprint density at radius 2 is 1.76 bits per heavy atom. The van der Waals surface area contributed by atoms with Gasteiger partial charge < -0.3 is 14.2 Å². The number of ether oxygens (including phenoxy) is 3. The van der Waals surface area contributed by atoms with Gasteiger partial charge in [-0.25, -0.2) is 10.2 Å². The molecule has 0 fully saturated rings. The number of benzene rings is 1. The smallest absolute Gasteiger partial charge is 0.428 e. The Kier molecular flexibility index (Phi) is 5.58.